The van der Waals surface area contributed by atoms with Gasteiger partial charge in [-0.25, -0.2) is 9.97 Å². The van der Waals surface area contributed by atoms with Crippen LogP contribution in [0, 0.1) is 12.8 Å². The van der Waals surface area contributed by atoms with Crippen LogP contribution in [0.25, 0.3) is 0 Å². The van der Waals surface area contributed by atoms with E-state index in [0.29, 0.717) is 19.6 Å². The molecule has 1 aliphatic carbocycles. The average Bonchev–Trinajstić information content (AvgIpc) is 3.10. The number of para-hydroxylation sites is 1. The molecule has 1 unspecified atom stereocenters. The monoisotopic (exact) mass is 337 g/mol. The molecule has 0 radical (unpaired) electrons. The van der Waals surface area contributed by atoms with Crippen molar-refractivity contribution in [3.8, 4) is 5.75 Å². The van der Waals surface area contributed by atoms with Crippen molar-refractivity contribution in [2.45, 2.75) is 39.0 Å². The second-order valence-corrected chi connectivity index (χ2v) is 6.86. The lowest BCUT2D eigenvalue weighted by Crippen LogP contribution is -2.38. The molecular formula is C20H23N3O2. The second kappa shape index (κ2) is 6.82. The van der Waals surface area contributed by atoms with Crippen LogP contribution in [0.4, 0.5) is 0 Å². The van der Waals surface area contributed by atoms with Crippen LogP contribution < -0.4 is 10.1 Å². The van der Waals surface area contributed by atoms with Crippen molar-refractivity contribution in [3.05, 3.63) is 52.6 Å². The number of aryl methyl sites for hydroxylation is 2. The summed E-state index contributed by atoms with van der Waals surface area (Å²) in [7, 11) is 0. The molecule has 1 aliphatic heterocycles. The number of rotatable bonds is 4. The Morgan fingerprint density at radius 1 is 1.28 bits per heavy atom. The first-order chi connectivity index (χ1) is 12.2. The molecule has 4 rings (SSSR count). The summed E-state index contributed by atoms with van der Waals surface area (Å²) in [6.45, 7) is 3.07. The summed E-state index contributed by atoms with van der Waals surface area (Å²) in [5.74, 6) is 1.65. The molecule has 0 spiro atoms. The molecule has 130 valence electrons. The quantitative estimate of drug-likeness (QED) is 0.929. The number of fused-ring (bicyclic) bond motifs is 2. The van der Waals surface area contributed by atoms with Gasteiger partial charge >= 0.3 is 0 Å². The molecule has 0 fully saturated rings. The highest BCUT2D eigenvalue weighted by molar-refractivity contribution is 5.79. The van der Waals surface area contributed by atoms with Crippen LogP contribution in [0.2, 0.25) is 0 Å². The molecule has 25 heavy (non-hydrogen) atoms. The third-order valence-electron chi connectivity index (χ3n) is 5.08. The van der Waals surface area contributed by atoms with Gasteiger partial charge in [-0.3, -0.25) is 4.79 Å². The Kier molecular flexibility index (Phi) is 4.38. The van der Waals surface area contributed by atoms with Gasteiger partial charge in [0.15, 0.2) is 0 Å². The average molecular weight is 337 g/mol. The van der Waals surface area contributed by atoms with Crippen molar-refractivity contribution in [1.29, 1.82) is 0 Å². The molecule has 1 amide bonds. The maximum Gasteiger partial charge on any atom is 0.226 e. The van der Waals surface area contributed by atoms with E-state index in [1.165, 1.54) is 17.7 Å². The smallest absolute Gasteiger partial charge is 0.226 e. The molecule has 0 bridgehead atoms. The van der Waals surface area contributed by atoms with Crippen molar-refractivity contribution in [1.82, 2.24) is 15.3 Å². The van der Waals surface area contributed by atoms with Crippen LogP contribution in [0.3, 0.4) is 0 Å². The van der Waals surface area contributed by atoms with Gasteiger partial charge in [-0.05, 0) is 49.8 Å². The Morgan fingerprint density at radius 2 is 2.16 bits per heavy atom. The molecule has 0 saturated carbocycles. The molecule has 5 heteroatoms. The Hall–Kier alpha value is -2.43. The van der Waals surface area contributed by atoms with Crippen molar-refractivity contribution in [3.63, 3.8) is 0 Å². The summed E-state index contributed by atoms with van der Waals surface area (Å²) in [5.41, 5.74) is 4.73. The fourth-order valence-electron chi connectivity index (χ4n) is 3.73. The summed E-state index contributed by atoms with van der Waals surface area (Å²) in [4.78, 5) is 21.7. The lowest BCUT2D eigenvalue weighted by molar-refractivity contribution is -0.126. The summed E-state index contributed by atoms with van der Waals surface area (Å²) in [6.07, 6.45) is 4.73. The Labute approximate surface area is 147 Å². The molecule has 1 N–H and O–H groups in total. The fourth-order valence-corrected chi connectivity index (χ4v) is 3.73. The van der Waals surface area contributed by atoms with Crippen LogP contribution in [0.5, 0.6) is 5.75 Å². The number of benzene rings is 1. The van der Waals surface area contributed by atoms with E-state index in [4.69, 9.17) is 4.74 Å². The van der Waals surface area contributed by atoms with Crippen LogP contribution in [-0.2, 0) is 30.5 Å². The first-order valence-electron chi connectivity index (χ1n) is 9.04. The predicted molar refractivity (Wildman–Crippen MR) is 94.6 cm³/mol. The Bertz CT molecular complexity index is 804. The van der Waals surface area contributed by atoms with E-state index < -0.39 is 0 Å². The third kappa shape index (κ3) is 3.36. The molecule has 2 aliphatic rings. The van der Waals surface area contributed by atoms with Crippen LogP contribution in [0.1, 0.15) is 34.8 Å². The van der Waals surface area contributed by atoms with Gasteiger partial charge in [-0.1, -0.05) is 18.2 Å². The number of amides is 1. The second-order valence-electron chi connectivity index (χ2n) is 6.86. The van der Waals surface area contributed by atoms with E-state index in [-0.39, 0.29) is 11.8 Å². The predicted octanol–water partition coefficient (Wildman–Crippen LogP) is 2.18. The summed E-state index contributed by atoms with van der Waals surface area (Å²) in [5, 5.41) is 3.02. The lowest BCUT2D eigenvalue weighted by atomic mass is 9.96. The van der Waals surface area contributed by atoms with Gasteiger partial charge in [0.2, 0.25) is 5.91 Å². The van der Waals surface area contributed by atoms with Gasteiger partial charge < -0.3 is 10.1 Å². The van der Waals surface area contributed by atoms with E-state index in [1.54, 1.807) is 0 Å². The number of hydrogen-bond acceptors (Lipinski definition) is 4. The molecule has 1 aromatic carbocycles. The van der Waals surface area contributed by atoms with E-state index >= 15 is 0 Å². The summed E-state index contributed by atoms with van der Waals surface area (Å²) < 4.78 is 5.70. The zero-order valence-corrected chi connectivity index (χ0v) is 14.5. The number of nitrogens with zero attached hydrogens (tertiary/aromatic N) is 2. The lowest BCUT2D eigenvalue weighted by Gasteiger charge is -2.24. The van der Waals surface area contributed by atoms with E-state index in [0.717, 1.165) is 42.1 Å². The number of hydrogen-bond donors (Lipinski definition) is 1. The zero-order chi connectivity index (χ0) is 17.2. The number of carbonyl (C=O) groups excluding carboxylic acids is 1. The minimum atomic E-state index is -0.127. The number of aromatic nitrogens is 2. The Morgan fingerprint density at radius 3 is 3.08 bits per heavy atom. The van der Waals surface area contributed by atoms with Gasteiger partial charge in [0, 0.05) is 24.4 Å². The zero-order valence-electron chi connectivity index (χ0n) is 14.5. The maximum absolute atomic E-state index is 12.4. The highest BCUT2D eigenvalue weighted by Crippen LogP contribution is 2.27. The fraction of sp³-hybridized carbons (Fsp3) is 0.450. The normalized spacial score (nSPS) is 18.2. The van der Waals surface area contributed by atoms with E-state index in [9.17, 15) is 4.79 Å². The van der Waals surface area contributed by atoms with Gasteiger partial charge in [-0.2, -0.15) is 0 Å². The van der Waals surface area contributed by atoms with Crippen molar-refractivity contribution < 1.29 is 9.53 Å². The highest BCUT2D eigenvalue weighted by Gasteiger charge is 2.25. The topological polar surface area (TPSA) is 64.1 Å². The minimum Gasteiger partial charge on any atom is -0.492 e. The van der Waals surface area contributed by atoms with E-state index in [2.05, 4.69) is 22.2 Å². The van der Waals surface area contributed by atoms with E-state index in [1.807, 2.05) is 24.3 Å². The SMILES string of the molecule is Cc1nc(CCNC(=O)C2COc3ccccc3C2)nc2c1CCC2. The summed E-state index contributed by atoms with van der Waals surface area (Å²) in [6, 6.07) is 7.92. The number of carbonyl (C=O) groups is 1. The molecule has 1 atom stereocenters. The third-order valence-corrected chi connectivity index (χ3v) is 5.08. The van der Waals surface area contributed by atoms with Gasteiger partial charge in [0.25, 0.3) is 0 Å². The summed E-state index contributed by atoms with van der Waals surface area (Å²) >= 11 is 0. The van der Waals surface area contributed by atoms with Gasteiger partial charge in [0.1, 0.15) is 18.2 Å². The molecule has 2 heterocycles. The molecule has 0 saturated heterocycles. The largest absolute Gasteiger partial charge is 0.492 e. The maximum atomic E-state index is 12.4. The standard InChI is InChI=1S/C20H23N3O2/c1-13-16-6-4-7-17(16)23-19(22-13)9-10-21-20(24)15-11-14-5-2-3-8-18(14)25-12-15/h2-3,5,8,15H,4,6-7,9-12H2,1H3,(H,21,24). The molecule has 2 aromatic rings. The number of ether oxygens (including phenoxy) is 1. The Balaban J connectivity index is 1.32. The van der Waals surface area contributed by atoms with Crippen LogP contribution in [-0.4, -0.2) is 29.0 Å². The molecule has 1 aromatic heterocycles. The molecular weight excluding hydrogens is 314 g/mol. The number of nitrogens with one attached hydrogen (secondary N) is 1. The van der Waals surface area contributed by atoms with Crippen LogP contribution >= 0.6 is 0 Å². The van der Waals surface area contributed by atoms with Crippen molar-refractivity contribution >= 4 is 5.91 Å². The van der Waals surface area contributed by atoms with Crippen molar-refractivity contribution in [2.24, 2.45) is 5.92 Å². The van der Waals surface area contributed by atoms with Crippen molar-refractivity contribution in [2.75, 3.05) is 13.2 Å². The highest BCUT2D eigenvalue weighted by atomic mass is 16.5. The first kappa shape index (κ1) is 16.1. The van der Waals surface area contributed by atoms with Gasteiger partial charge in [-0.15, -0.1) is 0 Å². The van der Waals surface area contributed by atoms with Crippen LogP contribution in [0.15, 0.2) is 24.3 Å². The minimum absolute atomic E-state index is 0.0485. The molecule has 5 nitrogen and oxygen atoms in total. The van der Waals surface area contributed by atoms with Gasteiger partial charge in [0.05, 0.1) is 5.92 Å². The first-order valence-corrected chi connectivity index (χ1v) is 9.04.